The fraction of sp³-hybridized carbons (Fsp3) is 0.273. The Kier molecular flexibility index (Phi) is 5.03. The average Bonchev–Trinajstić information content (AvgIpc) is 2.72. The van der Waals surface area contributed by atoms with Crippen molar-refractivity contribution in [3.05, 3.63) is 72.1 Å². The lowest BCUT2D eigenvalue weighted by Crippen LogP contribution is -2.44. The third-order valence-corrected chi connectivity index (χ3v) is 5.12. The maximum Gasteiger partial charge on any atom is 0.251 e. The number of hydrogen-bond donors (Lipinski definition) is 1. The van der Waals surface area contributed by atoms with Crippen LogP contribution in [0.1, 0.15) is 16.1 Å². The van der Waals surface area contributed by atoms with Crippen LogP contribution in [0, 0.1) is 0 Å². The normalized spacial score (nSPS) is 15.1. The van der Waals surface area contributed by atoms with E-state index in [1.807, 2.05) is 36.4 Å². The molecule has 0 spiro atoms. The summed E-state index contributed by atoms with van der Waals surface area (Å²) in [5.74, 6) is -0.0734. The molecular weight excluding hydrogens is 336 g/mol. The van der Waals surface area contributed by atoms with Crippen LogP contribution < -0.4 is 10.2 Å². The van der Waals surface area contributed by atoms with E-state index in [1.54, 1.807) is 6.20 Å². The summed E-state index contributed by atoms with van der Waals surface area (Å²) in [7, 11) is 2.16. The van der Waals surface area contributed by atoms with Crippen molar-refractivity contribution in [1.29, 1.82) is 0 Å². The molecule has 1 aliphatic rings. The monoisotopic (exact) mass is 360 g/mol. The first-order chi connectivity index (χ1) is 13.2. The van der Waals surface area contributed by atoms with Gasteiger partial charge in [-0.25, -0.2) is 0 Å². The van der Waals surface area contributed by atoms with E-state index < -0.39 is 0 Å². The molecule has 1 N–H and O–H groups in total. The average molecular weight is 360 g/mol. The summed E-state index contributed by atoms with van der Waals surface area (Å²) < 4.78 is 0. The Balaban J connectivity index is 1.57. The number of rotatable bonds is 4. The van der Waals surface area contributed by atoms with Gasteiger partial charge in [-0.3, -0.25) is 9.78 Å². The molecule has 0 bridgehead atoms. The highest BCUT2D eigenvalue weighted by Crippen LogP contribution is 2.28. The molecule has 0 unspecified atom stereocenters. The van der Waals surface area contributed by atoms with Crippen LogP contribution in [0.4, 0.5) is 5.69 Å². The van der Waals surface area contributed by atoms with Gasteiger partial charge in [0, 0.05) is 49.0 Å². The fourth-order valence-electron chi connectivity index (χ4n) is 3.50. The van der Waals surface area contributed by atoms with Gasteiger partial charge in [-0.05, 0) is 42.8 Å². The van der Waals surface area contributed by atoms with Crippen molar-refractivity contribution in [2.75, 3.05) is 38.1 Å². The second-order valence-corrected chi connectivity index (χ2v) is 7.01. The molecule has 0 aliphatic carbocycles. The van der Waals surface area contributed by atoms with Crippen LogP contribution in [0.5, 0.6) is 0 Å². The number of aromatic nitrogens is 1. The quantitative estimate of drug-likeness (QED) is 0.777. The van der Waals surface area contributed by atoms with Gasteiger partial charge in [-0.1, -0.05) is 24.3 Å². The van der Waals surface area contributed by atoms with Gasteiger partial charge in [0.15, 0.2) is 0 Å². The summed E-state index contributed by atoms with van der Waals surface area (Å²) in [5.41, 5.74) is 2.74. The van der Waals surface area contributed by atoms with E-state index >= 15 is 0 Å². The largest absolute Gasteiger partial charge is 0.368 e. The number of pyridine rings is 1. The number of piperazine rings is 1. The molecule has 3 aromatic rings. The first-order valence-electron chi connectivity index (χ1n) is 9.35. The predicted octanol–water partition coefficient (Wildman–Crippen LogP) is 2.92. The lowest BCUT2D eigenvalue weighted by molar-refractivity contribution is 0.0950. The zero-order valence-corrected chi connectivity index (χ0v) is 15.6. The second kappa shape index (κ2) is 7.76. The summed E-state index contributed by atoms with van der Waals surface area (Å²) >= 11 is 0. The summed E-state index contributed by atoms with van der Waals surface area (Å²) in [6.07, 6.45) is 1.74. The highest BCUT2D eigenvalue weighted by atomic mass is 16.1. The van der Waals surface area contributed by atoms with E-state index in [9.17, 15) is 4.79 Å². The molecule has 2 heterocycles. The van der Waals surface area contributed by atoms with E-state index in [2.05, 4.69) is 45.3 Å². The van der Waals surface area contributed by atoms with E-state index in [1.165, 1.54) is 5.69 Å². The molecular formula is C22H24N4O. The minimum absolute atomic E-state index is 0.0734. The van der Waals surface area contributed by atoms with E-state index in [-0.39, 0.29) is 5.91 Å². The van der Waals surface area contributed by atoms with Crippen molar-refractivity contribution in [2.45, 2.75) is 6.54 Å². The maximum atomic E-state index is 12.6. The molecule has 5 nitrogen and oxygen atoms in total. The third kappa shape index (κ3) is 3.93. The van der Waals surface area contributed by atoms with Gasteiger partial charge in [0.1, 0.15) is 0 Å². The summed E-state index contributed by atoms with van der Waals surface area (Å²) in [5, 5.41) is 5.25. The van der Waals surface area contributed by atoms with Crippen molar-refractivity contribution in [2.24, 2.45) is 0 Å². The number of fused-ring (bicyclic) bond motifs is 1. The van der Waals surface area contributed by atoms with Gasteiger partial charge in [-0.2, -0.15) is 0 Å². The van der Waals surface area contributed by atoms with Gasteiger partial charge in [0.25, 0.3) is 5.91 Å². The fourth-order valence-corrected chi connectivity index (χ4v) is 3.50. The molecule has 0 radical (unpaired) electrons. The zero-order valence-electron chi connectivity index (χ0n) is 15.6. The number of nitrogens with zero attached hydrogens (tertiary/aromatic N) is 3. The van der Waals surface area contributed by atoms with Crippen molar-refractivity contribution in [1.82, 2.24) is 15.2 Å². The van der Waals surface area contributed by atoms with Gasteiger partial charge >= 0.3 is 0 Å². The summed E-state index contributed by atoms with van der Waals surface area (Å²) in [6, 6.07) is 18.0. The molecule has 0 saturated carbocycles. The van der Waals surface area contributed by atoms with Gasteiger partial charge in [0.2, 0.25) is 0 Å². The predicted molar refractivity (Wildman–Crippen MR) is 109 cm³/mol. The molecule has 1 saturated heterocycles. The topological polar surface area (TPSA) is 48.5 Å². The van der Waals surface area contributed by atoms with Gasteiger partial charge in [0.05, 0.1) is 12.2 Å². The lowest BCUT2D eigenvalue weighted by Gasteiger charge is -2.34. The number of amides is 1. The standard InChI is InChI=1S/C22H24N4O/c1-25-11-13-26(14-12-25)21-7-4-5-17-8-9-18(15-20(17)21)22(27)24-16-19-6-2-3-10-23-19/h2-10,15H,11-14,16H2,1H3,(H,24,27). The molecule has 138 valence electrons. The molecule has 1 aromatic heterocycles. The highest BCUT2D eigenvalue weighted by molar-refractivity contribution is 6.02. The van der Waals surface area contributed by atoms with Gasteiger partial charge in [-0.15, -0.1) is 0 Å². The smallest absolute Gasteiger partial charge is 0.251 e. The third-order valence-electron chi connectivity index (χ3n) is 5.12. The first-order valence-corrected chi connectivity index (χ1v) is 9.35. The second-order valence-electron chi connectivity index (χ2n) is 7.01. The zero-order chi connectivity index (χ0) is 18.6. The van der Waals surface area contributed by atoms with Crippen LogP contribution in [0.3, 0.4) is 0 Å². The van der Waals surface area contributed by atoms with Crippen LogP contribution in [-0.2, 0) is 6.54 Å². The first kappa shape index (κ1) is 17.5. The Morgan fingerprint density at radius 1 is 1.04 bits per heavy atom. The van der Waals surface area contributed by atoms with Crippen LogP contribution >= 0.6 is 0 Å². The molecule has 0 atom stereocenters. The Labute approximate surface area is 159 Å². The van der Waals surface area contributed by atoms with Crippen LogP contribution in [0.15, 0.2) is 60.8 Å². The van der Waals surface area contributed by atoms with E-state index in [0.29, 0.717) is 12.1 Å². The summed E-state index contributed by atoms with van der Waals surface area (Å²) in [4.78, 5) is 21.6. The number of benzene rings is 2. The van der Waals surface area contributed by atoms with Crippen LogP contribution in [0.25, 0.3) is 10.8 Å². The Bertz CT molecular complexity index is 933. The number of carbonyl (C=O) groups is 1. The number of hydrogen-bond acceptors (Lipinski definition) is 4. The van der Waals surface area contributed by atoms with Crippen molar-refractivity contribution >= 4 is 22.4 Å². The number of carbonyl (C=O) groups excluding carboxylic acids is 1. The van der Waals surface area contributed by atoms with E-state index in [0.717, 1.165) is 42.6 Å². The SMILES string of the molecule is CN1CCN(c2cccc3ccc(C(=O)NCc4ccccn4)cc23)CC1. The Hall–Kier alpha value is -2.92. The van der Waals surface area contributed by atoms with Crippen molar-refractivity contribution in [3.63, 3.8) is 0 Å². The summed E-state index contributed by atoms with van der Waals surface area (Å²) in [6.45, 7) is 4.55. The molecule has 4 rings (SSSR count). The van der Waals surface area contributed by atoms with Crippen LogP contribution in [0.2, 0.25) is 0 Å². The molecule has 2 aromatic carbocycles. The Morgan fingerprint density at radius 3 is 2.67 bits per heavy atom. The highest BCUT2D eigenvalue weighted by Gasteiger charge is 2.17. The molecule has 5 heteroatoms. The Morgan fingerprint density at radius 2 is 1.89 bits per heavy atom. The number of likely N-dealkylation sites (N-methyl/N-ethyl adjacent to an activating group) is 1. The van der Waals surface area contributed by atoms with Crippen molar-refractivity contribution < 1.29 is 4.79 Å². The van der Waals surface area contributed by atoms with Gasteiger partial charge < -0.3 is 15.1 Å². The minimum Gasteiger partial charge on any atom is -0.368 e. The minimum atomic E-state index is -0.0734. The lowest BCUT2D eigenvalue weighted by atomic mass is 10.0. The van der Waals surface area contributed by atoms with Crippen LogP contribution in [-0.4, -0.2) is 49.0 Å². The van der Waals surface area contributed by atoms with Crippen molar-refractivity contribution in [3.8, 4) is 0 Å². The maximum absolute atomic E-state index is 12.6. The number of anilines is 1. The molecule has 1 aliphatic heterocycles. The molecule has 27 heavy (non-hydrogen) atoms. The molecule has 1 fully saturated rings. The van der Waals surface area contributed by atoms with E-state index in [4.69, 9.17) is 0 Å². The number of nitrogens with one attached hydrogen (secondary N) is 1. The molecule has 1 amide bonds.